The Labute approximate surface area is 203 Å². The Hall–Kier alpha value is -0.653. The number of ether oxygens (including phenoxy) is 1. The van der Waals surface area contributed by atoms with Crippen molar-refractivity contribution < 1.29 is 19.1 Å². The Kier molecular flexibility index (Phi) is 6.11. The molecule has 0 aliphatic heterocycles. The Morgan fingerprint density at radius 3 is 2.42 bits per heavy atom. The van der Waals surface area contributed by atoms with Crippen LogP contribution in [0.25, 0.3) is 0 Å². The molecule has 1 N–H and O–H groups in total. The molecule has 0 unspecified atom stereocenters. The number of allylic oxidation sites excluding steroid dienone is 1. The predicted octanol–water partition coefficient (Wildman–Crippen LogP) is 6.20. The molecule has 33 heavy (non-hydrogen) atoms. The lowest BCUT2D eigenvalue weighted by Gasteiger charge is -2.61. The first-order valence-corrected chi connectivity index (χ1v) is 16.3. The fourth-order valence-corrected chi connectivity index (χ4v) is 9.64. The molecule has 0 aromatic carbocycles. The molecule has 5 heteroatoms. The summed E-state index contributed by atoms with van der Waals surface area (Å²) in [5.41, 5.74) is -0.278. The van der Waals surface area contributed by atoms with Gasteiger partial charge in [-0.05, 0) is 73.9 Å². The van der Waals surface area contributed by atoms with Crippen LogP contribution < -0.4 is 0 Å². The van der Waals surface area contributed by atoms with Gasteiger partial charge >= 0.3 is 5.97 Å². The molecule has 0 radical (unpaired) electrons. The monoisotopic (exact) mass is 476 g/mol. The van der Waals surface area contributed by atoms with Crippen molar-refractivity contribution in [3.8, 4) is 0 Å². The number of rotatable bonds is 7. The zero-order valence-electron chi connectivity index (χ0n) is 22.6. The maximum atomic E-state index is 14.3. The van der Waals surface area contributed by atoms with Gasteiger partial charge < -0.3 is 14.3 Å². The third-order valence-corrected chi connectivity index (χ3v) is 15.6. The van der Waals surface area contributed by atoms with Gasteiger partial charge in [0.25, 0.3) is 0 Å². The molecule has 0 amide bonds. The van der Waals surface area contributed by atoms with E-state index in [4.69, 9.17) is 9.16 Å². The molecule has 3 fully saturated rings. The Balaban J connectivity index is 1.92. The third-order valence-electron chi connectivity index (χ3n) is 11.1. The summed E-state index contributed by atoms with van der Waals surface area (Å²) in [4.78, 5) is 14.3. The predicted molar refractivity (Wildman–Crippen MR) is 135 cm³/mol. The molecular formula is C28H48O4Si. The topological polar surface area (TPSA) is 55.8 Å². The highest BCUT2D eigenvalue weighted by Crippen LogP contribution is 2.83. The highest BCUT2D eigenvalue weighted by molar-refractivity contribution is 6.74. The molecular weight excluding hydrogens is 428 g/mol. The molecule has 0 spiro atoms. The van der Waals surface area contributed by atoms with Crippen LogP contribution in [0.3, 0.4) is 0 Å². The molecule has 0 heterocycles. The summed E-state index contributed by atoms with van der Waals surface area (Å²) < 4.78 is 13.0. The third kappa shape index (κ3) is 3.03. The van der Waals surface area contributed by atoms with Gasteiger partial charge in [0.05, 0.1) is 13.2 Å². The van der Waals surface area contributed by atoms with Gasteiger partial charge in [0, 0.05) is 17.4 Å². The molecule has 7 atom stereocenters. The van der Waals surface area contributed by atoms with Crippen molar-refractivity contribution in [1.82, 2.24) is 0 Å². The van der Waals surface area contributed by atoms with E-state index in [1.807, 2.05) is 6.92 Å². The Morgan fingerprint density at radius 2 is 1.88 bits per heavy atom. The van der Waals surface area contributed by atoms with E-state index < -0.39 is 19.1 Å². The number of aliphatic hydroxyl groups is 1. The lowest BCUT2D eigenvalue weighted by atomic mass is 9.42. The Bertz CT molecular complexity index is 826. The zero-order valence-corrected chi connectivity index (χ0v) is 23.6. The highest BCUT2D eigenvalue weighted by atomic mass is 28.4. The van der Waals surface area contributed by atoms with Gasteiger partial charge in [0.15, 0.2) is 8.32 Å². The van der Waals surface area contributed by atoms with E-state index >= 15 is 0 Å². The number of hydrogen-bond donors (Lipinski definition) is 1. The summed E-state index contributed by atoms with van der Waals surface area (Å²) >= 11 is 0. The molecule has 0 aromatic heterocycles. The summed E-state index contributed by atoms with van der Waals surface area (Å²) in [7, 11) is -2.02. The van der Waals surface area contributed by atoms with Crippen LogP contribution in [0.15, 0.2) is 11.6 Å². The molecule has 188 valence electrons. The van der Waals surface area contributed by atoms with Crippen molar-refractivity contribution in [3.63, 3.8) is 0 Å². The minimum Gasteiger partial charge on any atom is -0.465 e. The van der Waals surface area contributed by atoms with Crippen LogP contribution in [0.4, 0.5) is 0 Å². The van der Waals surface area contributed by atoms with E-state index in [-0.39, 0.29) is 34.9 Å². The summed E-state index contributed by atoms with van der Waals surface area (Å²) in [6.07, 6.45) is 6.65. The quantitative estimate of drug-likeness (QED) is 0.270. The first kappa shape index (κ1) is 25.4. The standard InChI is InChI=1S/C28H48O4Si/c1-10-31-24(30)28-23(18(2)3)13-20-14-26(28,16-29)22-12-11-19(4)21(22)15-27(20,28)17-32-33(8,9)25(5,6)7/h13,18-22,29H,10-12,14-17H2,1-9H3/t19-,20-,21-,22-,26+,27+,28+/m1/s1. The maximum Gasteiger partial charge on any atom is 0.317 e. The van der Waals surface area contributed by atoms with Gasteiger partial charge in [-0.3, -0.25) is 4.79 Å². The second kappa shape index (κ2) is 7.93. The van der Waals surface area contributed by atoms with Gasteiger partial charge in [0.1, 0.15) is 5.41 Å². The minimum absolute atomic E-state index is 0.0715. The van der Waals surface area contributed by atoms with E-state index in [1.165, 1.54) is 12.0 Å². The Morgan fingerprint density at radius 1 is 1.21 bits per heavy atom. The number of carbonyl (C=O) groups is 1. The van der Waals surface area contributed by atoms with Crippen molar-refractivity contribution in [1.29, 1.82) is 0 Å². The van der Waals surface area contributed by atoms with Gasteiger partial charge in [-0.25, -0.2) is 0 Å². The molecule has 3 saturated carbocycles. The van der Waals surface area contributed by atoms with Crippen molar-refractivity contribution in [2.24, 2.45) is 45.8 Å². The van der Waals surface area contributed by atoms with Crippen LogP contribution in [-0.2, 0) is 14.0 Å². The van der Waals surface area contributed by atoms with E-state index in [1.54, 1.807) is 0 Å². The van der Waals surface area contributed by atoms with Gasteiger partial charge in [0.2, 0.25) is 0 Å². The summed E-state index contributed by atoms with van der Waals surface area (Å²) in [5, 5.41) is 11.3. The van der Waals surface area contributed by atoms with Crippen molar-refractivity contribution in [2.75, 3.05) is 19.8 Å². The smallest absolute Gasteiger partial charge is 0.317 e. The van der Waals surface area contributed by atoms with Crippen LogP contribution >= 0.6 is 0 Å². The van der Waals surface area contributed by atoms with E-state index in [0.717, 1.165) is 19.3 Å². The van der Waals surface area contributed by atoms with E-state index in [9.17, 15) is 9.90 Å². The first-order chi connectivity index (χ1) is 15.3. The van der Waals surface area contributed by atoms with Crippen LogP contribution in [0.2, 0.25) is 18.1 Å². The van der Waals surface area contributed by atoms with Crippen molar-refractivity contribution >= 4 is 14.3 Å². The van der Waals surface area contributed by atoms with E-state index in [2.05, 4.69) is 60.7 Å². The second-order valence-electron chi connectivity index (χ2n) is 13.6. The molecule has 4 nitrogen and oxygen atoms in total. The lowest BCUT2D eigenvalue weighted by Crippen LogP contribution is -2.65. The summed E-state index contributed by atoms with van der Waals surface area (Å²) in [6.45, 7) is 21.3. The van der Waals surface area contributed by atoms with Crippen LogP contribution in [0.1, 0.15) is 74.1 Å². The normalized spacial score (nSPS) is 42.0. The average Bonchev–Trinajstić information content (AvgIpc) is 3.29. The number of carbonyl (C=O) groups excluding carboxylic acids is 1. The first-order valence-electron chi connectivity index (χ1n) is 13.4. The van der Waals surface area contributed by atoms with Gasteiger partial charge in [-0.15, -0.1) is 0 Å². The fourth-order valence-electron chi connectivity index (χ4n) is 8.59. The molecule has 4 aliphatic carbocycles. The zero-order chi connectivity index (χ0) is 24.6. The molecule has 0 aromatic rings. The molecule has 0 saturated heterocycles. The lowest BCUT2D eigenvalue weighted by molar-refractivity contribution is -0.195. The minimum atomic E-state index is -2.02. The van der Waals surface area contributed by atoms with Crippen LogP contribution in [0.5, 0.6) is 0 Å². The van der Waals surface area contributed by atoms with Gasteiger partial charge in [-0.1, -0.05) is 59.6 Å². The second-order valence-corrected chi connectivity index (χ2v) is 18.4. The maximum absolute atomic E-state index is 14.3. The fraction of sp³-hybridized carbons (Fsp3) is 0.893. The van der Waals surface area contributed by atoms with Crippen molar-refractivity contribution in [2.45, 2.75) is 92.3 Å². The van der Waals surface area contributed by atoms with Crippen LogP contribution in [-0.4, -0.2) is 39.2 Å². The summed E-state index contributed by atoms with van der Waals surface area (Å²) in [6, 6.07) is 0. The number of fused-ring (bicyclic) bond motifs is 2. The number of aliphatic hydroxyl groups excluding tert-OH is 1. The largest absolute Gasteiger partial charge is 0.465 e. The number of esters is 1. The van der Waals surface area contributed by atoms with Crippen molar-refractivity contribution in [3.05, 3.63) is 11.6 Å². The highest BCUT2D eigenvalue weighted by Gasteiger charge is 2.84. The average molecular weight is 477 g/mol. The van der Waals surface area contributed by atoms with E-state index in [0.29, 0.717) is 31.0 Å². The molecule has 4 bridgehead atoms. The molecule has 4 rings (SSSR count). The summed E-state index contributed by atoms with van der Waals surface area (Å²) in [5.74, 6) is 1.99. The SMILES string of the molecule is CCOC(=O)[C@@]12C(C(C)C)=C[C@@H]3C[C@]1(CO)[C@@H]1CC[C@@H](C)[C@H]1C[C@]32CO[Si](C)(C)C(C)(C)C. The number of hydrogen-bond acceptors (Lipinski definition) is 4. The molecule has 4 aliphatic rings. The van der Waals surface area contributed by atoms with Crippen LogP contribution in [0, 0.1) is 45.8 Å². The van der Waals surface area contributed by atoms with Gasteiger partial charge in [-0.2, -0.15) is 0 Å².